The summed E-state index contributed by atoms with van der Waals surface area (Å²) in [7, 11) is 0. The molecule has 0 amide bonds. The van der Waals surface area contributed by atoms with Crippen molar-refractivity contribution in [1.82, 2.24) is 9.97 Å². The summed E-state index contributed by atoms with van der Waals surface area (Å²) < 4.78 is 0. The summed E-state index contributed by atoms with van der Waals surface area (Å²) in [6.07, 6.45) is 5.81. The van der Waals surface area contributed by atoms with Crippen molar-refractivity contribution in [3.63, 3.8) is 0 Å². The monoisotopic (exact) mass is 204 g/mol. The van der Waals surface area contributed by atoms with Crippen molar-refractivity contribution >= 4 is 11.8 Å². The molecule has 0 spiro atoms. The van der Waals surface area contributed by atoms with Crippen LogP contribution in [-0.4, -0.2) is 23.1 Å². The lowest BCUT2D eigenvalue weighted by Crippen LogP contribution is -2.21. The lowest BCUT2D eigenvalue weighted by Gasteiger charge is -2.16. The van der Waals surface area contributed by atoms with Crippen molar-refractivity contribution in [2.24, 2.45) is 0 Å². The van der Waals surface area contributed by atoms with Crippen molar-refractivity contribution in [2.45, 2.75) is 32.1 Å². The van der Waals surface area contributed by atoms with E-state index in [4.69, 9.17) is 5.73 Å². The molecule has 0 bridgehead atoms. The first-order chi connectivity index (χ1) is 7.34. The molecule has 80 valence electrons. The van der Waals surface area contributed by atoms with Crippen LogP contribution in [0.1, 0.15) is 30.5 Å². The highest BCUT2D eigenvalue weighted by molar-refractivity contribution is 5.50. The van der Waals surface area contributed by atoms with Crippen LogP contribution in [0.3, 0.4) is 0 Å². The second kappa shape index (κ2) is 3.36. The first kappa shape index (κ1) is 8.95. The van der Waals surface area contributed by atoms with Gasteiger partial charge in [-0.1, -0.05) is 0 Å². The second-order valence-electron chi connectivity index (χ2n) is 4.38. The Balaban J connectivity index is 1.99. The zero-order valence-electron chi connectivity index (χ0n) is 8.87. The van der Waals surface area contributed by atoms with E-state index in [1.807, 2.05) is 0 Å². The molecule has 1 saturated heterocycles. The molecule has 2 aliphatic rings. The van der Waals surface area contributed by atoms with Gasteiger partial charge in [-0.25, -0.2) is 4.98 Å². The maximum absolute atomic E-state index is 5.96. The van der Waals surface area contributed by atoms with Crippen LogP contribution in [0.2, 0.25) is 0 Å². The summed E-state index contributed by atoms with van der Waals surface area (Å²) >= 11 is 0. The van der Waals surface area contributed by atoms with Gasteiger partial charge in [0.05, 0.1) is 5.69 Å². The minimum absolute atomic E-state index is 0.708. The molecular formula is C11H16N4. The molecule has 2 N–H and O–H groups in total. The number of aryl methyl sites for hydroxylation is 1. The summed E-state index contributed by atoms with van der Waals surface area (Å²) in [5.74, 6) is 1.56. The van der Waals surface area contributed by atoms with Crippen LogP contribution in [0.15, 0.2) is 0 Å². The highest BCUT2D eigenvalue weighted by Gasteiger charge is 2.21. The lowest BCUT2D eigenvalue weighted by molar-refractivity contribution is 0.872. The van der Waals surface area contributed by atoms with Crippen LogP contribution in [0, 0.1) is 0 Å². The van der Waals surface area contributed by atoms with E-state index >= 15 is 0 Å². The number of hydrogen-bond acceptors (Lipinski definition) is 4. The van der Waals surface area contributed by atoms with Gasteiger partial charge in [-0.15, -0.1) is 0 Å². The third-order valence-electron chi connectivity index (χ3n) is 3.34. The van der Waals surface area contributed by atoms with Crippen molar-refractivity contribution in [2.75, 3.05) is 23.7 Å². The average Bonchev–Trinajstić information content (AvgIpc) is 2.88. The molecule has 1 fully saturated rings. The van der Waals surface area contributed by atoms with Crippen LogP contribution in [-0.2, 0) is 12.8 Å². The second-order valence-corrected chi connectivity index (χ2v) is 4.38. The van der Waals surface area contributed by atoms with Gasteiger partial charge in [0.25, 0.3) is 0 Å². The molecule has 0 atom stereocenters. The predicted molar refractivity (Wildman–Crippen MR) is 59.9 cm³/mol. The third kappa shape index (κ3) is 1.44. The molecule has 4 nitrogen and oxygen atoms in total. The Morgan fingerprint density at radius 2 is 1.80 bits per heavy atom. The van der Waals surface area contributed by atoms with Gasteiger partial charge in [0.2, 0.25) is 5.95 Å². The van der Waals surface area contributed by atoms with Gasteiger partial charge >= 0.3 is 0 Å². The smallest absolute Gasteiger partial charge is 0.227 e. The van der Waals surface area contributed by atoms with Gasteiger partial charge in [-0.2, -0.15) is 4.98 Å². The molecule has 0 radical (unpaired) electrons. The van der Waals surface area contributed by atoms with E-state index in [0.717, 1.165) is 31.9 Å². The number of aromatic nitrogens is 2. The number of nitrogens with zero attached hydrogens (tertiary/aromatic N) is 3. The maximum Gasteiger partial charge on any atom is 0.227 e. The topological polar surface area (TPSA) is 55.0 Å². The first-order valence-electron chi connectivity index (χ1n) is 5.75. The molecule has 15 heavy (non-hydrogen) atoms. The number of nitrogen functional groups attached to an aromatic ring is 1. The molecule has 1 aromatic heterocycles. The lowest BCUT2D eigenvalue weighted by atomic mass is 10.2. The maximum atomic E-state index is 5.96. The largest absolute Gasteiger partial charge is 0.383 e. The van der Waals surface area contributed by atoms with Gasteiger partial charge in [-0.05, 0) is 32.1 Å². The van der Waals surface area contributed by atoms with Gasteiger partial charge in [0, 0.05) is 18.7 Å². The SMILES string of the molecule is Nc1nc(N2CCCC2)nc2c1CCC2. The number of fused-ring (bicyclic) bond motifs is 1. The van der Waals surface area contributed by atoms with E-state index in [0.29, 0.717) is 5.82 Å². The van der Waals surface area contributed by atoms with Crippen LogP contribution in [0.25, 0.3) is 0 Å². The van der Waals surface area contributed by atoms with Crippen molar-refractivity contribution < 1.29 is 0 Å². The van der Waals surface area contributed by atoms with Gasteiger partial charge in [0.15, 0.2) is 0 Å². The fourth-order valence-electron chi connectivity index (χ4n) is 2.51. The fourth-order valence-corrected chi connectivity index (χ4v) is 2.51. The Bertz CT molecular complexity index is 382. The van der Waals surface area contributed by atoms with Gasteiger partial charge < -0.3 is 10.6 Å². The third-order valence-corrected chi connectivity index (χ3v) is 3.34. The van der Waals surface area contributed by atoms with Gasteiger partial charge in [0.1, 0.15) is 5.82 Å². The number of hydrogen-bond donors (Lipinski definition) is 1. The molecule has 0 aromatic carbocycles. The van der Waals surface area contributed by atoms with E-state index < -0.39 is 0 Å². The van der Waals surface area contributed by atoms with E-state index in [2.05, 4.69) is 14.9 Å². The first-order valence-corrected chi connectivity index (χ1v) is 5.75. The molecule has 1 aliphatic carbocycles. The quantitative estimate of drug-likeness (QED) is 0.745. The van der Waals surface area contributed by atoms with Crippen molar-refractivity contribution in [1.29, 1.82) is 0 Å². The molecule has 0 saturated carbocycles. The van der Waals surface area contributed by atoms with Crippen molar-refractivity contribution in [3.8, 4) is 0 Å². The minimum Gasteiger partial charge on any atom is -0.383 e. The van der Waals surface area contributed by atoms with E-state index in [9.17, 15) is 0 Å². The predicted octanol–water partition coefficient (Wildman–Crippen LogP) is 1.15. The van der Waals surface area contributed by atoms with E-state index in [1.54, 1.807) is 0 Å². The van der Waals surface area contributed by atoms with Crippen LogP contribution >= 0.6 is 0 Å². The molecule has 0 unspecified atom stereocenters. The minimum atomic E-state index is 0.708. The summed E-state index contributed by atoms with van der Waals surface area (Å²) in [6.45, 7) is 2.16. The highest BCUT2D eigenvalue weighted by Crippen LogP contribution is 2.27. The zero-order chi connectivity index (χ0) is 10.3. The Hall–Kier alpha value is -1.32. The molecule has 4 heteroatoms. The standard InChI is InChI=1S/C11H16N4/c12-10-8-4-3-5-9(8)13-11(14-10)15-6-1-2-7-15/h1-7H2,(H2,12,13,14). The Morgan fingerprint density at radius 3 is 2.60 bits per heavy atom. The Labute approximate surface area is 89.5 Å². The highest BCUT2D eigenvalue weighted by atomic mass is 15.3. The van der Waals surface area contributed by atoms with Gasteiger partial charge in [-0.3, -0.25) is 0 Å². The Morgan fingerprint density at radius 1 is 1.00 bits per heavy atom. The number of rotatable bonds is 1. The summed E-state index contributed by atoms with van der Waals surface area (Å²) in [5.41, 5.74) is 8.34. The average molecular weight is 204 g/mol. The summed E-state index contributed by atoms with van der Waals surface area (Å²) in [4.78, 5) is 11.3. The zero-order valence-corrected chi connectivity index (χ0v) is 8.87. The molecule has 2 heterocycles. The van der Waals surface area contributed by atoms with Crippen LogP contribution < -0.4 is 10.6 Å². The number of nitrogens with two attached hydrogens (primary N) is 1. The van der Waals surface area contributed by atoms with Crippen LogP contribution in [0.4, 0.5) is 11.8 Å². The molecular weight excluding hydrogens is 188 g/mol. The normalized spacial score (nSPS) is 19.6. The van der Waals surface area contributed by atoms with E-state index in [-0.39, 0.29) is 0 Å². The number of anilines is 2. The Kier molecular flexibility index (Phi) is 2.01. The summed E-state index contributed by atoms with van der Waals surface area (Å²) in [6, 6.07) is 0. The van der Waals surface area contributed by atoms with Crippen molar-refractivity contribution in [3.05, 3.63) is 11.3 Å². The molecule has 3 rings (SSSR count). The van der Waals surface area contributed by atoms with Crippen LogP contribution in [0.5, 0.6) is 0 Å². The fraction of sp³-hybridized carbons (Fsp3) is 0.636. The van der Waals surface area contributed by atoms with E-state index in [1.165, 1.54) is 30.5 Å². The summed E-state index contributed by atoms with van der Waals surface area (Å²) in [5, 5.41) is 0. The molecule has 1 aliphatic heterocycles. The molecule has 1 aromatic rings.